The molecule has 0 radical (unpaired) electrons. The van der Waals surface area contributed by atoms with Crippen molar-refractivity contribution in [2.45, 2.75) is 45.6 Å². The fourth-order valence-corrected chi connectivity index (χ4v) is 2.97. The smallest absolute Gasteiger partial charge is 0.0480 e. The highest BCUT2D eigenvalue weighted by Crippen LogP contribution is 2.27. The Labute approximate surface area is 94.0 Å². The lowest BCUT2D eigenvalue weighted by molar-refractivity contribution is 0.0129. The van der Waals surface area contributed by atoms with Gasteiger partial charge < -0.3 is 4.74 Å². The molecule has 15 heavy (non-hydrogen) atoms. The number of ether oxygens (including phenoxy) is 1. The standard InChI is InChI=1S/C13H25NO/c1-11(2)12-4-3-7-14(10-12)13-5-8-15-9-6-13/h11-13H,3-10H2,1-2H3/t12-/m0/s1. The predicted molar refractivity (Wildman–Crippen MR) is 63.0 cm³/mol. The molecule has 2 rings (SSSR count). The van der Waals surface area contributed by atoms with Crippen molar-refractivity contribution in [3.8, 4) is 0 Å². The lowest BCUT2D eigenvalue weighted by Crippen LogP contribution is -2.46. The lowest BCUT2D eigenvalue weighted by atomic mass is 9.86. The van der Waals surface area contributed by atoms with E-state index >= 15 is 0 Å². The van der Waals surface area contributed by atoms with Crippen LogP contribution in [0.25, 0.3) is 0 Å². The molecule has 0 aliphatic carbocycles. The molecular weight excluding hydrogens is 186 g/mol. The van der Waals surface area contributed by atoms with Gasteiger partial charge in [-0.25, -0.2) is 0 Å². The van der Waals surface area contributed by atoms with Crippen molar-refractivity contribution in [3.63, 3.8) is 0 Å². The van der Waals surface area contributed by atoms with Gasteiger partial charge in [-0.2, -0.15) is 0 Å². The van der Waals surface area contributed by atoms with Crippen molar-refractivity contribution in [2.75, 3.05) is 26.3 Å². The van der Waals surface area contributed by atoms with Crippen LogP contribution in [0.4, 0.5) is 0 Å². The van der Waals surface area contributed by atoms with Crippen molar-refractivity contribution in [1.82, 2.24) is 4.90 Å². The highest BCUT2D eigenvalue weighted by atomic mass is 16.5. The summed E-state index contributed by atoms with van der Waals surface area (Å²) in [6.45, 7) is 9.37. The largest absolute Gasteiger partial charge is 0.381 e. The zero-order valence-corrected chi connectivity index (χ0v) is 10.2. The molecule has 2 heteroatoms. The van der Waals surface area contributed by atoms with E-state index in [0.717, 1.165) is 31.1 Å². The first-order valence-corrected chi connectivity index (χ1v) is 6.59. The number of piperidine rings is 1. The zero-order chi connectivity index (χ0) is 10.7. The molecule has 1 atom stereocenters. The number of nitrogens with zero attached hydrogens (tertiary/aromatic N) is 1. The van der Waals surface area contributed by atoms with Crippen molar-refractivity contribution >= 4 is 0 Å². The summed E-state index contributed by atoms with van der Waals surface area (Å²) in [6, 6.07) is 0.820. The monoisotopic (exact) mass is 211 g/mol. The Hall–Kier alpha value is -0.0800. The molecular formula is C13H25NO. The maximum Gasteiger partial charge on any atom is 0.0480 e. The average Bonchev–Trinajstić information content (AvgIpc) is 2.30. The Balaban J connectivity index is 1.85. The molecule has 0 amide bonds. The van der Waals surface area contributed by atoms with Crippen LogP contribution in [0.2, 0.25) is 0 Å². The Morgan fingerprint density at radius 1 is 1.13 bits per heavy atom. The molecule has 0 unspecified atom stereocenters. The number of hydrogen-bond donors (Lipinski definition) is 0. The van der Waals surface area contributed by atoms with Crippen LogP contribution in [-0.4, -0.2) is 37.2 Å². The molecule has 0 spiro atoms. The van der Waals surface area contributed by atoms with Gasteiger partial charge in [0.25, 0.3) is 0 Å². The second-order valence-electron chi connectivity index (χ2n) is 5.48. The summed E-state index contributed by atoms with van der Waals surface area (Å²) in [5.74, 6) is 1.79. The van der Waals surface area contributed by atoms with Crippen LogP contribution in [-0.2, 0) is 4.74 Å². The van der Waals surface area contributed by atoms with Gasteiger partial charge in [0.1, 0.15) is 0 Å². The lowest BCUT2D eigenvalue weighted by Gasteiger charge is -2.41. The molecule has 0 bridgehead atoms. The maximum absolute atomic E-state index is 5.44. The molecule has 2 heterocycles. The Morgan fingerprint density at radius 2 is 1.87 bits per heavy atom. The molecule has 0 aromatic carbocycles. The SMILES string of the molecule is CC(C)[C@H]1CCCN(C2CCOCC2)C1. The van der Waals surface area contributed by atoms with Gasteiger partial charge in [-0.15, -0.1) is 0 Å². The topological polar surface area (TPSA) is 12.5 Å². The van der Waals surface area contributed by atoms with Gasteiger partial charge in [0.15, 0.2) is 0 Å². The van der Waals surface area contributed by atoms with Crippen LogP contribution >= 0.6 is 0 Å². The van der Waals surface area contributed by atoms with E-state index in [1.807, 2.05) is 0 Å². The molecule has 0 aromatic rings. The van der Waals surface area contributed by atoms with Crippen molar-refractivity contribution in [2.24, 2.45) is 11.8 Å². The highest BCUT2D eigenvalue weighted by molar-refractivity contribution is 4.81. The molecule has 0 N–H and O–H groups in total. The minimum absolute atomic E-state index is 0.820. The van der Waals surface area contributed by atoms with Crippen LogP contribution in [0.15, 0.2) is 0 Å². The molecule has 2 aliphatic heterocycles. The van der Waals surface area contributed by atoms with Gasteiger partial charge in [-0.05, 0) is 44.1 Å². The molecule has 88 valence electrons. The summed E-state index contributed by atoms with van der Waals surface area (Å²) in [7, 11) is 0. The van der Waals surface area contributed by atoms with Crippen LogP contribution in [0.1, 0.15) is 39.5 Å². The van der Waals surface area contributed by atoms with E-state index in [2.05, 4.69) is 18.7 Å². The normalized spacial score (nSPS) is 31.0. The molecule has 2 saturated heterocycles. The first kappa shape index (κ1) is 11.4. The number of likely N-dealkylation sites (tertiary alicyclic amines) is 1. The molecule has 2 aliphatic rings. The fraction of sp³-hybridized carbons (Fsp3) is 1.00. The van der Waals surface area contributed by atoms with Gasteiger partial charge in [0.05, 0.1) is 0 Å². The molecule has 0 saturated carbocycles. The maximum atomic E-state index is 5.44. The second kappa shape index (κ2) is 5.31. The fourth-order valence-electron chi connectivity index (χ4n) is 2.97. The third-order valence-electron chi connectivity index (χ3n) is 4.14. The van der Waals surface area contributed by atoms with Crippen molar-refractivity contribution in [1.29, 1.82) is 0 Å². The average molecular weight is 211 g/mol. The summed E-state index contributed by atoms with van der Waals surface area (Å²) in [5, 5.41) is 0. The van der Waals surface area contributed by atoms with Gasteiger partial charge in [0, 0.05) is 25.8 Å². The van der Waals surface area contributed by atoms with Crippen LogP contribution in [0, 0.1) is 11.8 Å². The summed E-state index contributed by atoms with van der Waals surface area (Å²) in [5.41, 5.74) is 0. The van der Waals surface area contributed by atoms with E-state index in [1.54, 1.807) is 0 Å². The summed E-state index contributed by atoms with van der Waals surface area (Å²) in [6.07, 6.45) is 5.35. The Bertz CT molecular complexity index is 187. The van der Waals surface area contributed by atoms with E-state index in [9.17, 15) is 0 Å². The Kier molecular flexibility index (Phi) is 4.04. The highest BCUT2D eigenvalue weighted by Gasteiger charge is 2.28. The summed E-state index contributed by atoms with van der Waals surface area (Å²) in [4.78, 5) is 2.73. The number of rotatable bonds is 2. The second-order valence-corrected chi connectivity index (χ2v) is 5.48. The summed E-state index contributed by atoms with van der Waals surface area (Å²) < 4.78 is 5.44. The first-order chi connectivity index (χ1) is 7.27. The quantitative estimate of drug-likeness (QED) is 0.696. The Morgan fingerprint density at radius 3 is 2.53 bits per heavy atom. The zero-order valence-electron chi connectivity index (χ0n) is 10.2. The minimum Gasteiger partial charge on any atom is -0.381 e. The van der Waals surface area contributed by atoms with E-state index in [-0.39, 0.29) is 0 Å². The van der Waals surface area contributed by atoms with Crippen LogP contribution < -0.4 is 0 Å². The van der Waals surface area contributed by atoms with Crippen molar-refractivity contribution in [3.05, 3.63) is 0 Å². The van der Waals surface area contributed by atoms with E-state index < -0.39 is 0 Å². The third kappa shape index (κ3) is 2.94. The van der Waals surface area contributed by atoms with E-state index in [1.165, 1.54) is 38.8 Å². The molecule has 2 fully saturated rings. The first-order valence-electron chi connectivity index (χ1n) is 6.59. The molecule has 2 nitrogen and oxygen atoms in total. The van der Waals surface area contributed by atoms with Crippen molar-refractivity contribution < 1.29 is 4.74 Å². The van der Waals surface area contributed by atoms with Gasteiger partial charge in [-0.3, -0.25) is 4.90 Å². The van der Waals surface area contributed by atoms with E-state index in [0.29, 0.717) is 0 Å². The van der Waals surface area contributed by atoms with Crippen LogP contribution in [0.3, 0.4) is 0 Å². The minimum atomic E-state index is 0.820. The third-order valence-corrected chi connectivity index (χ3v) is 4.14. The van der Waals surface area contributed by atoms with Crippen LogP contribution in [0.5, 0.6) is 0 Å². The van der Waals surface area contributed by atoms with Gasteiger partial charge >= 0.3 is 0 Å². The van der Waals surface area contributed by atoms with Gasteiger partial charge in [-0.1, -0.05) is 13.8 Å². The summed E-state index contributed by atoms with van der Waals surface area (Å²) >= 11 is 0. The number of hydrogen-bond acceptors (Lipinski definition) is 2. The van der Waals surface area contributed by atoms with Gasteiger partial charge in [0.2, 0.25) is 0 Å². The predicted octanol–water partition coefficient (Wildman–Crippen LogP) is 2.53. The van der Waals surface area contributed by atoms with E-state index in [4.69, 9.17) is 4.74 Å². The molecule has 0 aromatic heterocycles.